The molecule has 0 radical (unpaired) electrons. The van der Waals surface area contributed by atoms with Gasteiger partial charge in [-0.3, -0.25) is 9.47 Å². The van der Waals surface area contributed by atoms with Gasteiger partial charge in [0.1, 0.15) is 0 Å². The predicted molar refractivity (Wildman–Crippen MR) is 113 cm³/mol. The lowest BCUT2D eigenvalue weighted by molar-refractivity contribution is 0.0115. The van der Waals surface area contributed by atoms with Gasteiger partial charge in [0.15, 0.2) is 5.82 Å². The summed E-state index contributed by atoms with van der Waals surface area (Å²) >= 11 is 6.26. The number of hydrogen-bond donors (Lipinski definition) is 1. The van der Waals surface area contributed by atoms with E-state index in [0.29, 0.717) is 12.8 Å². The monoisotopic (exact) mass is 409 g/mol. The molecule has 6 nitrogen and oxygen atoms in total. The van der Waals surface area contributed by atoms with Crippen molar-refractivity contribution < 1.29 is 5.11 Å². The molecule has 2 aliphatic heterocycles. The molecular formula is C22H24ClN5O. The van der Waals surface area contributed by atoms with Crippen molar-refractivity contribution in [2.75, 3.05) is 25.0 Å². The van der Waals surface area contributed by atoms with E-state index in [0.717, 1.165) is 59.8 Å². The summed E-state index contributed by atoms with van der Waals surface area (Å²) < 4.78 is 2.15. The Hall–Kier alpha value is -2.41. The van der Waals surface area contributed by atoms with Crippen LogP contribution < -0.4 is 4.90 Å². The summed E-state index contributed by atoms with van der Waals surface area (Å²) in [7, 11) is 2.08. The molecule has 0 atom stereocenters. The third-order valence-corrected chi connectivity index (χ3v) is 6.27. The highest BCUT2D eigenvalue weighted by Gasteiger charge is 2.36. The van der Waals surface area contributed by atoms with Gasteiger partial charge >= 0.3 is 0 Å². The smallest absolute Gasteiger partial charge is 0.231 e. The summed E-state index contributed by atoms with van der Waals surface area (Å²) in [5.74, 6) is 1.77. The molecule has 29 heavy (non-hydrogen) atoms. The number of benzene rings is 2. The Labute approximate surface area is 175 Å². The Kier molecular flexibility index (Phi) is 4.57. The first-order valence-corrected chi connectivity index (χ1v) is 10.4. The van der Waals surface area contributed by atoms with E-state index in [9.17, 15) is 5.11 Å². The molecule has 0 aliphatic carbocycles. The second kappa shape index (κ2) is 7.13. The summed E-state index contributed by atoms with van der Waals surface area (Å²) in [6.07, 6.45) is 1.32. The molecular weight excluding hydrogens is 386 g/mol. The Morgan fingerprint density at radius 2 is 1.76 bits per heavy atom. The number of nitrogens with zero attached hydrogens (tertiary/aromatic N) is 5. The highest BCUT2D eigenvalue weighted by Crippen LogP contribution is 2.36. The normalized spacial score (nSPS) is 18.8. The molecule has 0 amide bonds. The lowest BCUT2D eigenvalue weighted by atomic mass is 9.84. The minimum Gasteiger partial charge on any atom is -0.385 e. The van der Waals surface area contributed by atoms with Gasteiger partial charge in [-0.25, -0.2) is 0 Å². The van der Waals surface area contributed by atoms with E-state index in [1.54, 1.807) is 0 Å². The van der Waals surface area contributed by atoms with Crippen LogP contribution in [-0.4, -0.2) is 44.9 Å². The van der Waals surface area contributed by atoms with Crippen LogP contribution in [0.2, 0.25) is 5.02 Å². The number of hydrogen-bond acceptors (Lipinski definition) is 5. The number of rotatable bonds is 2. The molecule has 1 aromatic heterocycles. The van der Waals surface area contributed by atoms with Crippen LogP contribution in [0.3, 0.4) is 0 Å². The summed E-state index contributed by atoms with van der Waals surface area (Å²) in [6.45, 7) is 2.98. The zero-order chi connectivity index (χ0) is 20.0. The molecule has 2 aliphatic rings. The number of halogens is 1. The number of aliphatic hydroxyl groups is 1. The van der Waals surface area contributed by atoms with Crippen molar-refractivity contribution in [3.63, 3.8) is 0 Å². The zero-order valence-corrected chi connectivity index (χ0v) is 17.2. The maximum absolute atomic E-state index is 11.2. The first-order valence-electron chi connectivity index (χ1n) is 9.98. The van der Waals surface area contributed by atoms with Gasteiger partial charge in [0.05, 0.1) is 17.8 Å². The molecule has 5 rings (SSSR count). The number of aromatic nitrogens is 3. The molecule has 0 bridgehead atoms. The summed E-state index contributed by atoms with van der Waals surface area (Å²) in [6, 6.07) is 16.0. The fourth-order valence-corrected chi connectivity index (χ4v) is 4.66. The zero-order valence-electron chi connectivity index (χ0n) is 16.4. The minimum absolute atomic E-state index is 0.659. The first kappa shape index (κ1) is 18.6. The van der Waals surface area contributed by atoms with Gasteiger partial charge in [0.25, 0.3) is 0 Å². The first-order chi connectivity index (χ1) is 14.0. The van der Waals surface area contributed by atoms with Gasteiger partial charge in [-0.15, -0.1) is 10.2 Å². The predicted octanol–water partition coefficient (Wildman–Crippen LogP) is 3.35. The fraction of sp³-hybridized carbons (Fsp3) is 0.364. The van der Waals surface area contributed by atoms with Crippen molar-refractivity contribution >= 4 is 17.5 Å². The summed E-state index contributed by atoms with van der Waals surface area (Å²) in [5, 5.41) is 20.9. The Balaban J connectivity index is 1.47. The van der Waals surface area contributed by atoms with Gasteiger partial charge in [-0.05, 0) is 49.2 Å². The van der Waals surface area contributed by atoms with Crippen molar-refractivity contribution in [2.45, 2.75) is 31.5 Å². The van der Waals surface area contributed by atoms with Gasteiger partial charge < -0.3 is 10.0 Å². The highest BCUT2D eigenvalue weighted by atomic mass is 35.5. The van der Waals surface area contributed by atoms with Crippen LogP contribution in [0.15, 0.2) is 48.5 Å². The van der Waals surface area contributed by atoms with E-state index in [-0.39, 0.29) is 0 Å². The van der Waals surface area contributed by atoms with E-state index in [4.69, 9.17) is 11.6 Å². The van der Waals surface area contributed by atoms with Crippen molar-refractivity contribution in [1.82, 2.24) is 19.7 Å². The average Bonchev–Trinajstić information content (AvgIpc) is 3.06. The average molecular weight is 410 g/mol. The van der Waals surface area contributed by atoms with Crippen LogP contribution >= 0.6 is 11.6 Å². The van der Waals surface area contributed by atoms with Crippen LogP contribution in [0.25, 0.3) is 5.69 Å². The standard InChI is InChI=1S/C22H24ClN5O/c1-26-14-16-13-18(23)7-8-19(16)28-20(15-26)24-25-21(28)27-11-9-22(29,10-12-27)17-5-3-2-4-6-17/h2-8,13,29H,9-12,14-15H2,1H3. The van der Waals surface area contributed by atoms with E-state index in [1.165, 1.54) is 0 Å². The molecule has 150 valence electrons. The van der Waals surface area contributed by atoms with E-state index >= 15 is 0 Å². The lowest BCUT2D eigenvalue weighted by Gasteiger charge is -2.39. The van der Waals surface area contributed by atoms with Crippen molar-refractivity contribution in [2.24, 2.45) is 0 Å². The summed E-state index contributed by atoms with van der Waals surface area (Å²) in [5.41, 5.74) is 2.45. The summed E-state index contributed by atoms with van der Waals surface area (Å²) in [4.78, 5) is 4.45. The van der Waals surface area contributed by atoms with Crippen molar-refractivity contribution in [1.29, 1.82) is 0 Å². The molecule has 0 saturated carbocycles. The highest BCUT2D eigenvalue weighted by molar-refractivity contribution is 6.30. The molecule has 7 heteroatoms. The van der Waals surface area contributed by atoms with E-state index in [1.807, 2.05) is 42.5 Å². The number of fused-ring (bicyclic) bond motifs is 3. The van der Waals surface area contributed by atoms with Crippen LogP contribution in [0.5, 0.6) is 0 Å². The molecule has 3 aromatic rings. The van der Waals surface area contributed by atoms with Gasteiger partial charge in [-0.1, -0.05) is 41.9 Å². The maximum Gasteiger partial charge on any atom is 0.231 e. The Morgan fingerprint density at radius 3 is 2.52 bits per heavy atom. The molecule has 2 aromatic carbocycles. The Morgan fingerprint density at radius 1 is 1.00 bits per heavy atom. The van der Waals surface area contributed by atoms with Gasteiger partial charge in [-0.2, -0.15) is 0 Å². The molecule has 1 fully saturated rings. The van der Waals surface area contributed by atoms with E-state index < -0.39 is 5.60 Å². The van der Waals surface area contributed by atoms with Crippen molar-refractivity contribution in [3.8, 4) is 5.69 Å². The fourth-order valence-electron chi connectivity index (χ4n) is 4.46. The molecule has 1 N–H and O–H groups in total. The van der Waals surface area contributed by atoms with Gasteiger partial charge in [0.2, 0.25) is 5.95 Å². The van der Waals surface area contributed by atoms with Crippen molar-refractivity contribution in [3.05, 3.63) is 70.5 Å². The SMILES string of the molecule is CN1Cc2cc(Cl)ccc2-n2c(nnc2N2CCC(O)(c3ccccc3)CC2)C1. The van der Waals surface area contributed by atoms with Crippen LogP contribution in [0, 0.1) is 0 Å². The van der Waals surface area contributed by atoms with Gasteiger partial charge in [0, 0.05) is 24.7 Å². The molecule has 0 spiro atoms. The molecule has 3 heterocycles. The largest absolute Gasteiger partial charge is 0.385 e. The molecule has 1 saturated heterocycles. The molecule has 0 unspecified atom stereocenters. The third kappa shape index (κ3) is 3.31. The third-order valence-electron chi connectivity index (χ3n) is 6.03. The lowest BCUT2D eigenvalue weighted by Crippen LogP contribution is -2.43. The maximum atomic E-state index is 11.2. The number of anilines is 1. The Bertz CT molecular complexity index is 1030. The van der Waals surface area contributed by atoms with Crippen LogP contribution in [0.1, 0.15) is 29.8 Å². The van der Waals surface area contributed by atoms with Crippen LogP contribution in [0.4, 0.5) is 5.95 Å². The minimum atomic E-state index is -0.787. The second-order valence-corrected chi connectivity index (χ2v) is 8.52. The topological polar surface area (TPSA) is 57.4 Å². The number of piperidine rings is 1. The van der Waals surface area contributed by atoms with E-state index in [2.05, 4.69) is 37.7 Å². The van der Waals surface area contributed by atoms with Crippen LogP contribution in [-0.2, 0) is 18.7 Å². The second-order valence-electron chi connectivity index (χ2n) is 8.08. The quantitative estimate of drug-likeness (QED) is 0.703.